The van der Waals surface area contributed by atoms with Gasteiger partial charge in [0.25, 0.3) is 0 Å². The van der Waals surface area contributed by atoms with Crippen LogP contribution in [0.5, 0.6) is 0 Å². The number of aryl methyl sites for hydroxylation is 1. The third kappa shape index (κ3) is 2.24. The fourth-order valence-electron chi connectivity index (χ4n) is 3.52. The van der Waals surface area contributed by atoms with Crippen molar-refractivity contribution in [2.24, 2.45) is 7.05 Å². The minimum atomic E-state index is 0.560. The van der Waals surface area contributed by atoms with Crippen LogP contribution in [0.4, 0.5) is 0 Å². The minimum absolute atomic E-state index is 0.560. The molecule has 0 saturated heterocycles. The van der Waals surface area contributed by atoms with Crippen LogP contribution in [0.1, 0.15) is 11.3 Å². The second-order valence-corrected chi connectivity index (χ2v) is 6.83. The first kappa shape index (κ1) is 14.9. The molecule has 0 aliphatic carbocycles. The predicted molar refractivity (Wildman–Crippen MR) is 94.0 cm³/mol. The number of aromatic nitrogens is 3. The van der Waals surface area contributed by atoms with Crippen LogP contribution in [0.15, 0.2) is 24.8 Å². The van der Waals surface area contributed by atoms with Crippen molar-refractivity contribution in [3.05, 3.63) is 46.1 Å². The molecule has 0 fully saturated rings. The van der Waals surface area contributed by atoms with Gasteiger partial charge in [-0.1, -0.05) is 23.2 Å². The summed E-state index contributed by atoms with van der Waals surface area (Å²) in [5.41, 5.74) is 5.66. The molecule has 0 unspecified atom stereocenters. The predicted octanol–water partition coefficient (Wildman–Crippen LogP) is 3.93. The average Bonchev–Trinajstić information content (AvgIpc) is 2.84. The average molecular weight is 347 g/mol. The normalized spacial score (nSPS) is 15.1. The van der Waals surface area contributed by atoms with Gasteiger partial charge in [0.2, 0.25) is 0 Å². The maximum absolute atomic E-state index is 6.55. The molecule has 1 aliphatic heterocycles. The molecule has 4 nitrogen and oxygen atoms in total. The molecule has 0 spiro atoms. The Morgan fingerprint density at radius 2 is 1.87 bits per heavy atom. The van der Waals surface area contributed by atoms with E-state index in [2.05, 4.69) is 33.5 Å². The minimum Gasteiger partial charge on any atom is -0.346 e. The highest BCUT2D eigenvalue weighted by atomic mass is 35.5. The van der Waals surface area contributed by atoms with E-state index in [1.807, 2.05) is 18.5 Å². The monoisotopic (exact) mass is 346 g/mol. The van der Waals surface area contributed by atoms with Crippen LogP contribution in [0.25, 0.3) is 22.0 Å². The number of benzene rings is 1. The zero-order chi connectivity index (χ0) is 16.1. The Labute approximate surface area is 144 Å². The van der Waals surface area contributed by atoms with E-state index in [0.717, 1.165) is 36.2 Å². The van der Waals surface area contributed by atoms with Crippen molar-refractivity contribution in [1.82, 2.24) is 19.4 Å². The Hall–Kier alpha value is -1.62. The molecular formula is C17H16Cl2N4. The Morgan fingerprint density at radius 1 is 1.13 bits per heavy atom. The van der Waals surface area contributed by atoms with Gasteiger partial charge < -0.3 is 9.47 Å². The van der Waals surface area contributed by atoms with Crippen molar-refractivity contribution in [2.75, 3.05) is 13.6 Å². The third-order valence-corrected chi connectivity index (χ3v) is 5.39. The molecular weight excluding hydrogens is 331 g/mol. The van der Waals surface area contributed by atoms with E-state index in [1.54, 1.807) is 0 Å². The van der Waals surface area contributed by atoms with Crippen molar-refractivity contribution in [3.63, 3.8) is 0 Å². The Kier molecular flexibility index (Phi) is 3.56. The van der Waals surface area contributed by atoms with Crippen molar-refractivity contribution < 1.29 is 0 Å². The van der Waals surface area contributed by atoms with Crippen LogP contribution in [-0.2, 0) is 20.0 Å². The fourth-order valence-corrected chi connectivity index (χ4v) is 3.99. The lowest BCUT2D eigenvalue weighted by atomic mass is 9.98. The lowest BCUT2D eigenvalue weighted by Gasteiger charge is -2.23. The lowest BCUT2D eigenvalue weighted by Crippen LogP contribution is -2.27. The topological polar surface area (TPSA) is 34.0 Å². The summed E-state index contributed by atoms with van der Waals surface area (Å²) in [5, 5.41) is 2.34. The summed E-state index contributed by atoms with van der Waals surface area (Å²) >= 11 is 13.0. The molecule has 3 heterocycles. The number of hydrogen-bond donors (Lipinski definition) is 0. The molecule has 0 radical (unpaired) electrons. The highest BCUT2D eigenvalue weighted by molar-refractivity contribution is 6.45. The van der Waals surface area contributed by atoms with Gasteiger partial charge in [-0.25, -0.2) is 9.97 Å². The Bertz CT molecular complexity index is 902. The quantitative estimate of drug-likeness (QED) is 0.669. The van der Waals surface area contributed by atoms with E-state index in [-0.39, 0.29) is 0 Å². The summed E-state index contributed by atoms with van der Waals surface area (Å²) in [4.78, 5) is 10.6. The zero-order valence-electron chi connectivity index (χ0n) is 13.0. The number of halogens is 2. The van der Waals surface area contributed by atoms with Gasteiger partial charge in [-0.15, -0.1) is 0 Å². The van der Waals surface area contributed by atoms with E-state index in [4.69, 9.17) is 23.2 Å². The van der Waals surface area contributed by atoms with Crippen LogP contribution < -0.4 is 0 Å². The van der Waals surface area contributed by atoms with Crippen LogP contribution >= 0.6 is 23.2 Å². The maximum Gasteiger partial charge on any atom is 0.115 e. The second-order valence-electron chi connectivity index (χ2n) is 6.04. The number of hydrogen-bond acceptors (Lipinski definition) is 3. The van der Waals surface area contributed by atoms with Gasteiger partial charge in [0, 0.05) is 55.6 Å². The molecule has 1 aliphatic rings. The highest BCUT2D eigenvalue weighted by Crippen LogP contribution is 2.43. The van der Waals surface area contributed by atoms with E-state index in [1.165, 1.54) is 23.0 Å². The largest absolute Gasteiger partial charge is 0.346 e. The third-order valence-electron chi connectivity index (χ3n) is 4.62. The molecule has 1 aromatic carbocycles. The molecule has 2 aromatic heterocycles. The first-order valence-corrected chi connectivity index (χ1v) is 8.25. The SMILES string of the molecule is CN1CCc2c(c3c(-c4cncnc4)cc(Cl)c(Cl)c3n2C)C1. The molecule has 6 heteroatoms. The van der Waals surface area contributed by atoms with Gasteiger partial charge in [-0.3, -0.25) is 0 Å². The van der Waals surface area contributed by atoms with Crippen LogP contribution in [-0.4, -0.2) is 33.0 Å². The van der Waals surface area contributed by atoms with Gasteiger partial charge >= 0.3 is 0 Å². The van der Waals surface area contributed by atoms with Crippen LogP contribution in [0, 0.1) is 0 Å². The van der Waals surface area contributed by atoms with E-state index < -0.39 is 0 Å². The summed E-state index contributed by atoms with van der Waals surface area (Å²) in [6.45, 7) is 1.96. The number of rotatable bonds is 1. The van der Waals surface area contributed by atoms with Crippen LogP contribution in [0.3, 0.4) is 0 Å². The maximum atomic E-state index is 6.55. The molecule has 0 bridgehead atoms. The van der Waals surface area contributed by atoms with Crippen LogP contribution in [0.2, 0.25) is 10.0 Å². The van der Waals surface area contributed by atoms with Crippen molar-refractivity contribution >= 4 is 34.1 Å². The summed E-state index contributed by atoms with van der Waals surface area (Å²) in [7, 11) is 4.21. The van der Waals surface area contributed by atoms with E-state index in [0.29, 0.717) is 10.0 Å². The highest BCUT2D eigenvalue weighted by Gasteiger charge is 2.25. The molecule has 0 atom stereocenters. The molecule has 0 saturated carbocycles. The summed E-state index contributed by atoms with van der Waals surface area (Å²) in [5.74, 6) is 0. The van der Waals surface area contributed by atoms with Crippen molar-refractivity contribution in [1.29, 1.82) is 0 Å². The lowest BCUT2D eigenvalue weighted by molar-refractivity contribution is 0.310. The summed E-state index contributed by atoms with van der Waals surface area (Å²) in [6.07, 6.45) is 6.18. The molecule has 3 aromatic rings. The number of fused-ring (bicyclic) bond motifs is 3. The second kappa shape index (κ2) is 5.48. The van der Waals surface area contributed by atoms with E-state index in [9.17, 15) is 0 Å². The molecule has 118 valence electrons. The number of likely N-dealkylation sites (N-methyl/N-ethyl adjacent to an activating group) is 1. The van der Waals surface area contributed by atoms with Gasteiger partial charge in [0.1, 0.15) is 6.33 Å². The fraction of sp³-hybridized carbons (Fsp3) is 0.294. The summed E-state index contributed by atoms with van der Waals surface area (Å²) in [6, 6.07) is 1.93. The van der Waals surface area contributed by atoms with Gasteiger partial charge in [-0.2, -0.15) is 0 Å². The zero-order valence-corrected chi connectivity index (χ0v) is 14.5. The summed E-state index contributed by atoms with van der Waals surface area (Å²) < 4.78 is 2.19. The van der Waals surface area contributed by atoms with Crippen molar-refractivity contribution in [2.45, 2.75) is 13.0 Å². The molecule has 4 rings (SSSR count). The first-order valence-electron chi connectivity index (χ1n) is 7.50. The standard InChI is InChI=1S/C17H16Cl2N4/c1-22-4-3-14-12(8-22)15-11(10-6-20-9-21-7-10)5-13(18)16(19)17(15)23(14)2/h5-7,9H,3-4,8H2,1-2H3. The van der Waals surface area contributed by atoms with Gasteiger partial charge in [0.15, 0.2) is 0 Å². The molecule has 0 N–H and O–H groups in total. The van der Waals surface area contributed by atoms with Gasteiger partial charge in [-0.05, 0) is 24.2 Å². The van der Waals surface area contributed by atoms with Crippen molar-refractivity contribution in [3.8, 4) is 11.1 Å². The number of nitrogens with zero attached hydrogens (tertiary/aromatic N) is 4. The first-order chi connectivity index (χ1) is 11.1. The smallest absolute Gasteiger partial charge is 0.115 e. The molecule has 0 amide bonds. The Morgan fingerprint density at radius 3 is 2.61 bits per heavy atom. The van der Waals surface area contributed by atoms with Gasteiger partial charge in [0.05, 0.1) is 15.6 Å². The molecule has 23 heavy (non-hydrogen) atoms. The van der Waals surface area contributed by atoms with E-state index >= 15 is 0 Å². The Balaban J connectivity index is 2.14.